The monoisotopic (exact) mass is 784 g/mol. The summed E-state index contributed by atoms with van der Waals surface area (Å²) in [6.45, 7) is 0. The molecule has 0 aliphatic heterocycles. The minimum Gasteiger partial charge on any atom is -0.453 e. The van der Waals surface area contributed by atoms with Gasteiger partial charge in [-0.3, -0.25) is 4.57 Å². The van der Waals surface area contributed by atoms with Gasteiger partial charge in [-0.1, -0.05) is 91.0 Å². The number of hydrogen-bond acceptors (Lipinski definition) is 3. The second-order valence-electron chi connectivity index (χ2n) is 18.6. The summed E-state index contributed by atoms with van der Waals surface area (Å²) in [4.78, 5) is 9.95. The normalized spacial score (nSPS) is 22.5. The molecule has 0 unspecified atom stereocenters. The van der Waals surface area contributed by atoms with Crippen LogP contribution in [0.2, 0.25) is 0 Å². The van der Waals surface area contributed by atoms with E-state index in [1.807, 2.05) is 18.2 Å². The molecule has 290 valence electrons. The lowest BCUT2D eigenvalue weighted by Gasteiger charge is -2.61. The van der Waals surface area contributed by atoms with Gasteiger partial charge in [0.2, 0.25) is 5.95 Å². The third-order valence-corrected chi connectivity index (χ3v) is 15.8. The number of fused-ring (bicyclic) bond motifs is 12. The molecule has 4 saturated carbocycles. The van der Waals surface area contributed by atoms with Crippen molar-refractivity contribution >= 4 is 65.7 Å². The first-order valence-corrected chi connectivity index (χ1v) is 22.2. The topological polar surface area (TPSA) is 48.8 Å². The van der Waals surface area contributed by atoms with Crippen molar-refractivity contribution in [2.24, 2.45) is 23.7 Å². The fourth-order valence-electron chi connectivity index (χ4n) is 13.7. The molecule has 4 heterocycles. The van der Waals surface area contributed by atoms with E-state index in [4.69, 9.17) is 14.4 Å². The fourth-order valence-corrected chi connectivity index (χ4v) is 13.7. The third-order valence-electron chi connectivity index (χ3n) is 15.8. The molecule has 61 heavy (non-hydrogen) atoms. The van der Waals surface area contributed by atoms with Crippen LogP contribution in [0.25, 0.3) is 99.6 Å². The third kappa shape index (κ3) is 4.21. The zero-order valence-electron chi connectivity index (χ0n) is 33.6. The molecule has 7 aromatic carbocycles. The lowest BCUT2D eigenvalue weighted by molar-refractivity contribution is -0.0399. The van der Waals surface area contributed by atoms with Crippen LogP contribution in [0.4, 0.5) is 0 Å². The molecule has 5 nitrogen and oxygen atoms in total. The first kappa shape index (κ1) is 32.8. The highest BCUT2D eigenvalue weighted by Crippen LogP contribution is 2.69. The summed E-state index contributed by atoms with van der Waals surface area (Å²) in [6.07, 6.45) is 8.84. The van der Waals surface area contributed by atoms with Gasteiger partial charge in [0.25, 0.3) is 0 Å². The average molecular weight is 785 g/mol. The van der Waals surface area contributed by atoms with Crippen molar-refractivity contribution in [2.75, 3.05) is 0 Å². The van der Waals surface area contributed by atoms with E-state index in [0.717, 1.165) is 51.2 Å². The molecule has 4 fully saturated rings. The van der Waals surface area contributed by atoms with Crippen LogP contribution in [-0.4, -0.2) is 19.1 Å². The Kier molecular flexibility index (Phi) is 6.26. The Morgan fingerprint density at radius 1 is 0.475 bits per heavy atom. The molecule has 0 saturated heterocycles. The summed E-state index contributed by atoms with van der Waals surface area (Å²) in [5, 5.41) is 5.90. The lowest BCUT2D eigenvalue weighted by atomic mass is 9.43. The van der Waals surface area contributed by atoms with Gasteiger partial charge >= 0.3 is 0 Å². The number of furan rings is 1. The molecule has 16 rings (SSSR count). The molecule has 5 heteroatoms. The van der Waals surface area contributed by atoms with Crippen molar-refractivity contribution in [1.29, 1.82) is 0 Å². The Morgan fingerprint density at radius 2 is 1.07 bits per heavy atom. The van der Waals surface area contributed by atoms with Gasteiger partial charge in [-0.15, -0.1) is 0 Å². The number of benzene rings is 7. The summed E-state index contributed by atoms with van der Waals surface area (Å²) in [7, 11) is 0. The van der Waals surface area contributed by atoms with Crippen molar-refractivity contribution in [3.05, 3.63) is 169 Å². The maximum Gasteiger partial charge on any atom is 0.235 e. The first-order valence-electron chi connectivity index (χ1n) is 22.2. The smallest absolute Gasteiger partial charge is 0.235 e. The Bertz CT molecular complexity index is 3670. The number of para-hydroxylation sites is 3. The average Bonchev–Trinajstić information content (AvgIpc) is 4.03. The Labute approximate surface area is 351 Å². The molecule has 1 spiro atoms. The van der Waals surface area contributed by atoms with Crippen molar-refractivity contribution in [3.63, 3.8) is 0 Å². The van der Waals surface area contributed by atoms with E-state index in [2.05, 4.69) is 143 Å². The van der Waals surface area contributed by atoms with E-state index in [1.54, 1.807) is 17.3 Å². The molecule has 11 aromatic rings. The minimum absolute atomic E-state index is 0.134. The van der Waals surface area contributed by atoms with E-state index in [9.17, 15) is 0 Å². The Hall–Kier alpha value is -6.98. The van der Waals surface area contributed by atoms with E-state index in [1.165, 1.54) is 92.6 Å². The van der Waals surface area contributed by atoms with E-state index < -0.39 is 0 Å². The lowest BCUT2D eigenvalue weighted by Crippen LogP contribution is -2.55. The molecule has 5 aliphatic carbocycles. The minimum atomic E-state index is 0.134. The zero-order valence-corrected chi connectivity index (χ0v) is 33.6. The maximum atomic E-state index is 6.08. The highest BCUT2D eigenvalue weighted by atomic mass is 16.3. The van der Waals surface area contributed by atoms with Gasteiger partial charge < -0.3 is 8.98 Å². The standard InChI is InChI=1S/C56H40N4O/c1-5-13-46-39(9-1)40-20-19-38(30-47(40)56(46)36-24-32-23-33(26-36)27-37(56)25-32)59-48-14-6-2-10-41(48)44-28-34(17-21-50(44)59)35-18-22-51-45(29-35)42-11-3-7-15-49(42)60(51)55-57-31-53-54(58-55)43-12-4-8-16-52(43)61-53/h1-22,28-33,36-37H,23-27H2. The van der Waals surface area contributed by atoms with Gasteiger partial charge in [-0.25, -0.2) is 9.97 Å². The van der Waals surface area contributed by atoms with Crippen molar-refractivity contribution < 1.29 is 4.42 Å². The van der Waals surface area contributed by atoms with Gasteiger partial charge in [0, 0.05) is 38.0 Å². The first-order chi connectivity index (χ1) is 30.2. The van der Waals surface area contributed by atoms with Crippen LogP contribution in [0, 0.1) is 23.7 Å². The predicted molar refractivity (Wildman–Crippen MR) is 247 cm³/mol. The van der Waals surface area contributed by atoms with Gasteiger partial charge in [0.05, 0.1) is 28.3 Å². The molecule has 0 amide bonds. The van der Waals surface area contributed by atoms with Crippen LogP contribution in [0.1, 0.15) is 43.2 Å². The molecule has 5 aliphatic rings. The largest absolute Gasteiger partial charge is 0.453 e. The molecule has 0 N–H and O–H groups in total. The second kappa shape index (κ2) is 11.6. The van der Waals surface area contributed by atoms with E-state index in [-0.39, 0.29) is 5.41 Å². The highest BCUT2D eigenvalue weighted by molar-refractivity contribution is 6.13. The zero-order chi connectivity index (χ0) is 39.6. The molecule has 0 radical (unpaired) electrons. The van der Waals surface area contributed by atoms with Crippen LogP contribution in [0.3, 0.4) is 0 Å². The summed E-state index contributed by atoms with van der Waals surface area (Å²) in [6, 6.07) is 56.5. The Morgan fingerprint density at radius 3 is 1.80 bits per heavy atom. The summed E-state index contributed by atoms with van der Waals surface area (Å²) < 4.78 is 10.8. The number of nitrogens with zero attached hydrogens (tertiary/aromatic N) is 4. The van der Waals surface area contributed by atoms with Crippen LogP contribution in [0.15, 0.2) is 162 Å². The fraction of sp³-hybridized carbons (Fsp3) is 0.179. The summed E-state index contributed by atoms with van der Waals surface area (Å²) >= 11 is 0. The number of aromatic nitrogens is 4. The van der Waals surface area contributed by atoms with Gasteiger partial charge in [-0.05, 0) is 150 Å². The van der Waals surface area contributed by atoms with Crippen molar-refractivity contribution in [1.82, 2.24) is 19.1 Å². The predicted octanol–water partition coefficient (Wildman–Crippen LogP) is 14.0. The van der Waals surface area contributed by atoms with E-state index in [0.29, 0.717) is 11.5 Å². The molecule has 4 aromatic heterocycles. The van der Waals surface area contributed by atoms with E-state index >= 15 is 0 Å². The van der Waals surface area contributed by atoms with Crippen LogP contribution in [0.5, 0.6) is 0 Å². The van der Waals surface area contributed by atoms with Crippen molar-refractivity contribution in [3.8, 4) is 33.9 Å². The van der Waals surface area contributed by atoms with Crippen LogP contribution >= 0.6 is 0 Å². The summed E-state index contributed by atoms with van der Waals surface area (Å²) in [5.74, 6) is 3.96. The maximum absolute atomic E-state index is 6.08. The number of hydrogen-bond donors (Lipinski definition) is 0. The van der Waals surface area contributed by atoms with Gasteiger partial charge in [0.15, 0.2) is 5.58 Å². The van der Waals surface area contributed by atoms with Crippen LogP contribution in [-0.2, 0) is 5.41 Å². The molecule has 4 bridgehead atoms. The highest BCUT2D eigenvalue weighted by Gasteiger charge is 2.61. The molecular weight excluding hydrogens is 745 g/mol. The SMILES string of the molecule is c1ccc2c(c1)-c1ccc(-n3c4ccccc4c4cc(-c5ccc6c(c5)c5ccccc5n6-c5ncc6oc7ccccc7c6n5)ccc43)cc1C21C2CC3CC(C2)CC1C3. The van der Waals surface area contributed by atoms with Crippen LogP contribution < -0.4 is 0 Å². The van der Waals surface area contributed by atoms with Crippen molar-refractivity contribution in [2.45, 2.75) is 37.5 Å². The molecule has 0 atom stereocenters. The van der Waals surface area contributed by atoms with Gasteiger partial charge in [0.1, 0.15) is 11.1 Å². The molecular formula is C56H40N4O. The number of rotatable bonds is 3. The summed E-state index contributed by atoms with van der Waals surface area (Å²) in [5.41, 5.74) is 16.9. The van der Waals surface area contributed by atoms with Gasteiger partial charge in [-0.2, -0.15) is 0 Å². The Balaban J connectivity index is 0.885. The quantitative estimate of drug-likeness (QED) is 0.179. The second-order valence-corrected chi connectivity index (χ2v) is 18.6.